The number of aromatic nitrogens is 1. The number of carbonyl (C=O) groups excluding carboxylic acids is 1. The van der Waals surface area contributed by atoms with Gasteiger partial charge in [0.05, 0.1) is 6.54 Å². The Morgan fingerprint density at radius 3 is 2.75 bits per heavy atom. The Kier molecular flexibility index (Phi) is 4.70. The van der Waals surface area contributed by atoms with Gasteiger partial charge in [-0.1, -0.05) is 18.3 Å². The molecule has 0 radical (unpaired) electrons. The summed E-state index contributed by atoms with van der Waals surface area (Å²) in [6, 6.07) is 0. The van der Waals surface area contributed by atoms with Crippen molar-refractivity contribution in [3.05, 3.63) is 20.7 Å². The summed E-state index contributed by atoms with van der Waals surface area (Å²) in [5.41, 5.74) is 6.09. The number of carbonyl (C=O) groups is 1. The highest BCUT2D eigenvalue weighted by Gasteiger charge is 2.08. The first kappa shape index (κ1) is 12.9. The molecule has 1 rings (SSSR count). The number of amides is 1. The van der Waals surface area contributed by atoms with E-state index in [9.17, 15) is 9.59 Å². The van der Waals surface area contributed by atoms with E-state index in [2.05, 4.69) is 0 Å². The van der Waals surface area contributed by atoms with Crippen LogP contribution in [0, 0.1) is 6.92 Å². The van der Waals surface area contributed by atoms with Gasteiger partial charge in [-0.25, -0.2) is 0 Å². The van der Waals surface area contributed by atoms with E-state index in [1.54, 1.807) is 4.57 Å². The summed E-state index contributed by atoms with van der Waals surface area (Å²) in [4.78, 5) is 24.2. The molecule has 0 spiro atoms. The Hall–Kier alpha value is -1.14. The monoisotopic (exact) mass is 243 g/mol. The molecule has 1 amide bonds. The smallest absolute Gasteiger partial charge is 0.307 e. The van der Waals surface area contributed by atoms with Crippen LogP contribution in [0.4, 0.5) is 0 Å². The summed E-state index contributed by atoms with van der Waals surface area (Å²) in [5.74, 6) is -0.337. The van der Waals surface area contributed by atoms with Crippen molar-refractivity contribution in [3.8, 4) is 0 Å². The highest BCUT2D eigenvalue weighted by atomic mass is 32.1. The molecule has 0 fully saturated rings. The zero-order valence-electron chi connectivity index (χ0n) is 9.60. The molecule has 6 heteroatoms. The summed E-state index contributed by atoms with van der Waals surface area (Å²) in [5, 5.41) is 1.84. The molecule has 0 saturated carbocycles. The standard InChI is InChI=1S/C10H17N3O2S/c1-3-12(6-9(11)14)4-5-13-8(2)7-16-10(13)15/h7H,3-6H2,1-2H3,(H2,11,14). The first-order valence-electron chi connectivity index (χ1n) is 5.20. The van der Waals surface area contributed by atoms with Gasteiger partial charge in [0.1, 0.15) is 0 Å². The number of likely N-dealkylation sites (N-methyl/N-ethyl adjacent to an activating group) is 1. The topological polar surface area (TPSA) is 68.3 Å². The van der Waals surface area contributed by atoms with Gasteiger partial charge in [0.15, 0.2) is 0 Å². The van der Waals surface area contributed by atoms with E-state index in [1.165, 1.54) is 11.3 Å². The van der Waals surface area contributed by atoms with E-state index in [0.717, 1.165) is 12.2 Å². The van der Waals surface area contributed by atoms with Crippen LogP contribution in [0.1, 0.15) is 12.6 Å². The molecule has 0 aliphatic heterocycles. The molecule has 1 aromatic heterocycles. The Labute approximate surface area is 98.5 Å². The number of nitrogens with two attached hydrogens (primary N) is 1. The predicted octanol–water partition coefficient (Wildman–Crippen LogP) is 0.0254. The molecule has 0 bridgehead atoms. The lowest BCUT2D eigenvalue weighted by molar-refractivity contribution is -0.119. The minimum Gasteiger partial charge on any atom is -0.369 e. The maximum atomic E-state index is 11.4. The Morgan fingerprint density at radius 2 is 2.31 bits per heavy atom. The maximum absolute atomic E-state index is 11.4. The van der Waals surface area contributed by atoms with Crippen molar-refractivity contribution in [2.45, 2.75) is 20.4 Å². The van der Waals surface area contributed by atoms with Crippen LogP contribution in [-0.2, 0) is 11.3 Å². The van der Waals surface area contributed by atoms with Gasteiger partial charge < -0.3 is 10.3 Å². The van der Waals surface area contributed by atoms with Crippen molar-refractivity contribution >= 4 is 17.2 Å². The minimum atomic E-state index is -0.337. The van der Waals surface area contributed by atoms with Crippen LogP contribution >= 0.6 is 11.3 Å². The second kappa shape index (κ2) is 5.81. The molecule has 90 valence electrons. The van der Waals surface area contributed by atoms with E-state index < -0.39 is 0 Å². The van der Waals surface area contributed by atoms with Crippen molar-refractivity contribution in [1.29, 1.82) is 0 Å². The first-order chi connectivity index (χ1) is 7.54. The van der Waals surface area contributed by atoms with Crippen molar-refractivity contribution in [1.82, 2.24) is 9.47 Å². The van der Waals surface area contributed by atoms with Crippen LogP contribution in [-0.4, -0.2) is 35.0 Å². The zero-order chi connectivity index (χ0) is 12.1. The van der Waals surface area contributed by atoms with E-state index in [0.29, 0.717) is 13.1 Å². The summed E-state index contributed by atoms with van der Waals surface area (Å²) >= 11 is 1.20. The van der Waals surface area contributed by atoms with Gasteiger partial charge in [-0.2, -0.15) is 0 Å². The fraction of sp³-hybridized carbons (Fsp3) is 0.600. The van der Waals surface area contributed by atoms with Crippen molar-refractivity contribution in [2.75, 3.05) is 19.6 Å². The quantitative estimate of drug-likeness (QED) is 0.766. The average Bonchev–Trinajstić information content (AvgIpc) is 2.53. The molecular weight excluding hydrogens is 226 g/mol. The normalized spacial score (nSPS) is 10.9. The number of hydrogen-bond acceptors (Lipinski definition) is 4. The van der Waals surface area contributed by atoms with Crippen LogP contribution in [0.15, 0.2) is 10.2 Å². The zero-order valence-corrected chi connectivity index (χ0v) is 10.4. The average molecular weight is 243 g/mol. The van der Waals surface area contributed by atoms with Crippen molar-refractivity contribution < 1.29 is 4.79 Å². The molecule has 0 unspecified atom stereocenters. The van der Waals surface area contributed by atoms with Gasteiger partial charge in [-0.05, 0) is 13.5 Å². The number of rotatable bonds is 6. The van der Waals surface area contributed by atoms with Gasteiger partial charge in [-0.3, -0.25) is 14.5 Å². The van der Waals surface area contributed by atoms with Crippen LogP contribution < -0.4 is 10.6 Å². The highest BCUT2D eigenvalue weighted by Crippen LogP contribution is 2.00. The van der Waals surface area contributed by atoms with E-state index in [4.69, 9.17) is 5.73 Å². The number of hydrogen-bond donors (Lipinski definition) is 1. The third-order valence-electron chi connectivity index (χ3n) is 2.44. The van der Waals surface area contributed by atoms with Crippen molar-refractivity contribution in [3.63, 3.8) is 0 Å². The minimum absolute atomic E-state index is 0.0487. The first-order valence-corrected chi connectivity index (χ1v) is 6.08. The Balaban J connectivity index is 2.56. The maximum Gasteiger partial charge on any atom is 0.307 e. The van der Waals surface area contributed by atoms with E-state index >= 15 is 0 Å². The lowest BCUT2D eigenvalue weighted by Gasteiger charge is -2.18. The van der Waals surface area contributed by atoms with Gasteiger partial charge in [-0.15, -0.1) is 0 Å². The molecular formula is C10H17N3O2S. The van der Waals surface area contributed by atoms with E-state index in [1.807, 2.05) is 24.1 Å². The second-order valence-corrected chi connectivity index (χ2v) is 4.45. The second-order valence-electron chi connectivity index (χ2n) is 3.63. The third kappa shape index (κ3) is 3.46. The SMILES string of the molecule is CCN(CCn1c(C)csc1=O)CC(N)=O. The molecule has 0 aliphatic carbocycles. The van der Waals surface area contributed by atoms with Crippen LogP contribution in [0.2, 0.25) is 0 Å². The summed E-state index contributed by atoms with van der Waals surface area (Å²) < 4.78 is 1.72. The van der Waals surface area contributed by atoms with Crippen LogP contribution in [0.25, 0.3) is 0 Å². The summed E-state index contributed by atoms with van der Waals surface area (Å²) in [7, 11) is 0. The summed E-state index contributed by atoms with van der Waals surface area (Å²) in [6.07, 6.45) is 0. The molecule has 1 heterocycles. The number of primary amides is 1. The van der Waals surface area contributed by atoms with Gasteiger partial charge >= 0.3 is 4.87 Å². The Bertz CT molecular complexity index is 410. The van der Waals surface area contributed by atoms with Gasteiger partial charge in [0.25, 0.3) is 0 Å². The van der Waals surface area contributed by atoms with Crippen molar-refractivity contribution in [2.24, 2.45) is 5.73 Å². The fourth-order valence-electron chi connectivity index (χ4n) is 1.49. The van der Waals surface area contributed by atoms with E-state index in [-0.39, 0.29) is 17.3 Å². The molecule has 0 aromatic carbocycles. The molecule has 0 aliphatic rings. The number of aryl methyl sites for hydroxylation is 1. The van der Waals surface area contributed by atoms with Gasteiger partial charge in [0.2, 0.25) is 5.91 Å². The highest BCUT2D eigenvalue weighted by molar-refractivity contribution is 7.07. The van der Waals surface area contributed by atoms with Crippen LogP contribution in [0.5, 0.6) is 0 Å². The predicted molar refractivity (Wildman–Crippen MR) is 64.6 cm³/mol. The molecule has 0 saturated heterocycles. The third-order valence-corrected chi connectivity index (χ3v) is 3.32. The molecule has 2 N–H and O–H groups in total. The molecule has 0 atom stereocenters. The lowest BCUT2D eigenvalue weighted by Crippen LogP contribution is -2.36. The molecule has 16 heavy (non-hydrogen) atoms. The lowest BCUT2D eigenvalue weighted by atomic mass is 10.4. The summed E-state index contributed by atoms with van der Waals surface area (Å²) in [6.45, 7) is 6.13. The largest absolute Gasteiger partial charge is 0.369 e. The fourth-order valence-corrected chi connectivity index (χ4v) is 2.25. The van der Waals surface area contributed by atoms with Gasteiger partial charge in [0, 0.05) is 24.2 Å². The molecule has 1 aromatic rings. The molecule has 5 nitrogen and oxygen atoms in total. The van der Waals surface area contributed by atoms with Crippen LogP contribution in [0.3, 0.4) is 0 Å². The number of nitrogens with zero attached hydrogens (tertiary/aromatic N) is 2. The Morgan fingerprint density at radius 1 is 1.62 bits per heavy atom. The number of thiazole rings is 1.